The van der Waals surface area contributed by atoms with Crippen molar-refractivity contribution in [1.82, 2.24) is 9.97 Å². The van der Waals surface area contributed by atoms with Crippen molar-refractivity contribution in [2.45, 2.75) is 0 Å². The van der Waals surface area contributed by atoms with Crippen molar-refractivity contribution in [2.24, 2.45) is 0 Å². The molecule has 3 nitrogen and oxygen atoms in total. The maximum absolute atomic E-state index is 13.5. The van der Waals surface area contributed by atoms with Gasteiger partial charge in [0.25, 0.3) is 0 Å². The number of aromatic nitrogens is 2. The minimum absolute atomic E-state index is 0.112. The largest absolute Gasteiger partial charge is 0.236 e. The highest BCUT2D eigenvalue weighted by Gasteiger charge is 2.12. The third-order valence-electron chi connectivity index (χ3n) is 1.96. The molecule has 0 saturated heterocycles. The summed E-state index contributed by atoms with van der Waals surface area (Å²) < 4.78 is 13.5. The first kappa shape index (κ1) is 10.5. The third-order valence-corrected chi connectivity index (χ3v) is 2.27. The SMILES string of the molecule is N#Cc1ccnc(-c2c(F)cccc2Cl)n1. The lowest BCUT2D eigenvalue weighted by molar-refractivity contribution is 0.630. The fourth-order valence-corrected chi connectivity index (χ4v) is 1.50. The quantitative estimate of drug-likeness (QED) is 0.761. The molecule has 0 fully saturated rings. The number of nitriles is 1. The Morgan fingerprint density at radius 2 is 2.12 bits per heavy atom. The average Bonchev–Trinajstić information content (AvgIpc) is 2.29. The van der Waals surface area contributed by atoms with Crippen molar-refractivity contribution in [3.8, 4) is 17.5 Å². The monoisotopic (exact) mass is 233 g/mol. The van der Waals surface area contributed by atoms with Crippen molar-refractivity contribution in [3.05, 3.63) is 47.0 Å². The lowest BCUT2D eigenvalue weighted by Crippen LogP contribution is -1.94. The molecule has 0 bridgehead atoms. The van der Waals surface area contributed by atoms with Gasteiger partial charge in [0.15, 0.2) is 5.82 Å². The molecule has 0 radical (unpaired) electrons. The van der Waals surface area contributed by atoms with Gasteiger partial charge in [0.1, 0.15) is 17.6 Å². The second-order valence-corrected chi connectivity index (χ2v) is 3.38. The van der Waals surface area contributed by atoms with Crippen LogP contribution in [-0.4, -0.2) is 9.97 Å². The lowest BCUT2D eigenvalue weighted by Gasteiger charge is -2.03. The van der Waals surface area contributed by atoms with E-state index in [0.29, 0.717) is 0 Å². The first-order valence-electron chi connectivity index (χ1n) is 4.40. The molecular formula is C11H5ClFN3. The van der Waals surface area contributed by atoms with Gasteiger partial charge in [0, 0.05) is 6.20 Å². The molecule has 0 spiro atoms. The van der Waals surface area contributed by atoms with Crippen LogP contribution < -0.4 is 0 Å². The topological polar surface area (TPSA) is 49.6 Å². The second-order valence-electron chi connectivity index (χ2n) is 2.97. The molecule has 0 aliphatic carbocycles. The van der Waals surface area contributed by atoms with Gasteiger partial charge in [-0.15, -0.1) is 0 Å². The van der Waals surface area contributed by atoms with E-state index in [1.807, 2.05) is 6.07 Å². The van der Waals surface area contributed by atoms with Crippen LogP contribution in [0, 0.1) is 17.1 Å². The summed E-state index contributed by atoms with van der Waals surface area (Å²) in [5.74, 6) is -0.398. The van der Waals surface area contributed by atoms with E-state index in [-0.39, 0.29) is 22.1 Å². The fraction of sp³-hybridized carbons (Fsp3) is 0. The van der Waals surface area contributed by atoms with Crippen molar-refractivity contribution >= 4 is 11.6 Å². The van der Waals surface area contributed by atoms with E-state index < -0.39 is 5.82 Å². The Morgan fingerprint density at radius 3 is 2.81 bits per heavy atom. The van der Waals surface area contributed by atoms with Crippen LogP contribution in [0.4, 0.5) is 4.39 Å². The smallest absolute Gasteiger partial charge is 0.165 e. The highest BCUT2D eigenvalue weighted by molar-refractivity contribution is 6.33. The van der Waals surface area contributed by atoms with Crippen LogP contribution in [0.2, 0.25) is 5.02 Å². The molecule has 0 unspecified atom stereocenters. The Hall–Kier alpha value is -1.99. The minimum atomic E-state index is -0.511. The zero-order chi connectivity index (χ0) is 11.5. The minimum Gasteiger partial charge on any atom is -0.236 e. The molecule has 0 saturated carbocycles. The van der Waals surface area contributed by atoms with Gasteiger partial charge in [0.05, 0.1) is 10.6 Å². The number of hydrogen-bond donors (Lipinski definition) is 0. The van der Waals surface area contributed by atoms with Gasteiger partial charge < -0.3 is 0 Å². The van der Waals surface area contributed by atoms with Gasteiger partial charge in [-0.25, -0.2) is 14.4 Å². The Balaban J connectivity index is 2.64. The van der Waals surface area contributed by atoms with Crippen molar-refractivity contribution in [1.29, 1.82) is 5.26 Å². The summed E-state index contributed by atoms with van der Waals surface area (Å²) in [5, 5.41) is 8.90. The van der Waals surface area contributed by atoms with Gasteiger partial charge in [0.2, 0.25) is 0 Å². The number of benzene rings is 1. The summed E-state index contributed by atoms with van der Waals surface area (Å²) in [6.07, 6.45) is 1.39. The van der Waals surface area contributed by atoms with Gasteiger partial charge in [-0.3, -0.25) is 0 Å². The standard InChI is InChI=1S/C11H5ClFN3/c12-8-2-1-3-9(13)10(8)11-15-5-4-7(6-14)16-11/h1-5H. The Bertz CT molecular complexity index is 557. The molecule has 1 aromatic carbocycles. The van der Waals surface area contributed by atoms with E-state index in [1.165, 1.54) is 24.4 Å². The molecule has 0 amide bonds. The van der Waals surface area contributed by atoms with E-state index >= 15 is 0 Å². The van der Waals surface area contributed by atoms with E-state index in [1.54, 1.807) is 6.07 Å². The molecule has 1 aromatic heterocycles. The Kier molecular flexibility index (Phi) is 2.80. The zero-order valence-corrected chi connectivity index (χ0v) is 8.74. The summed E-state index contributed by atoms with van der Waals surface area (Å²) >= 11 is 5.86. The maximum Gasteiger partial charge on any atom is 0.165 e. The summed E-state index contributed by atoms with van der Waals surface area (Å²) in [6, 6.07) is 7.61. The van der Waals surface area contributed by atoms with E-state index in [0.717, 1.165) is 0 Å². The molecule has 78 valence electrons. The van der Waals surface area contributed by atoms with Gasteiger partial charge in [-0.05, 0) is 18.2 Å². The normalized spacial score (nSPS) is 9.81. The Morgan fingerprint density at radius 1 is 1.31 bits per heavy atom. The highest BCUT2D eigenvalue weighted by Crippen LogP contribution is 2.27. The molecule has 2 rings (SSSR count). The van der Waals surface area contributed by atoms with E-state index in [9.17, 15) is 4.39 Å². The average molecular weight is 234 g/mol. The fourth-order valence-electron chi connectivity index (χ4n) is 1.25. The number of halogens is 2. The molecule has 0 atom stereocenters. The van der Waals surface area contributed by atoms with Gasteiger partial charge in [-0.2, -0.15) is 5.26 Å². The first-order chi connectivity index (χ1) is 7.72. The van der Waals surface area contributed by atoms with Crippen LogP contribution >= 0.6 is 11.6 Å². The predicted molar refractivity (Wildman–Crippen MR) is 57.2 cm³/mol. The number of hydrogen-bond acceptors (Lipinski definition) is 3. The molecule has 16 heavy (non-hydrogen) atoms. The molecular weight excluding hydrogens is 229 g/mol. The van der Waals surface area contributed by atoms with Gasteiger partial charge in [-0.1, -0.05) is 17.7 Å². The maximum atomic E-state index is 13.5. The van der Waals surface area contributed by atoms with Crippen molar-refractivity contribution < 1.29 is 4.39 Å². The summed E-state index contributed by atoms with van der Waals surface area (Å²) in [4.78, 5) is 7.78. The highest BCUT2D eigenvalue weighted by atomic mass is 35.5. The number of rotatable bonds is 1. The van der Waals surface area contributed by atoms with Crippen LogP contribution in [0.25, 0.3) is 11.4 Å². The first-order valence-corrected chi connectivity index (χ1v) is 4.77. The summed E-state index contributed by atoms with van der Waals surface area (Å²) in [6.45, 7) is 0. The number of nitrogens with zero attached hydrogens (tertiary/aromatic N) is 3. The zero-order valence-electron chi connectivity index (χ0n) is 7.98. The summed E-state index contributed by atoms with van der Waals surface area (Å²) in [7, 11) is 0. The lowest BCUT2D eigenvalue weighted by atomic mass is 10.2. The van der Waals surface area contributed by atoms with Crippen LogP contribution in [0.3, 0.4) is 0 Å². The molecule has 0 aliphatic heterocycles. The Labute approximate surface area is 96.2 Å². The molecule has 0 aliphatic rings. The van der Waals surface area contributed by atoms with E-state index in [2.05, 4.69) is 9.97 Å². The van der Waals surface area contributed by atoms with Gasteiger partial charge >= 0.3 is 0 Å². The van der Waals surface area contributed by atoms with Crippen LogP contribution in [0.1, 0.15) is 5.69 Å². The molecule has 1 heterocycles. The van der Waals surface area contributed by atoms with E-state index in [4.69, 9.17) is 16.9 Å². The van der Waals surface area contributed by atoms with Crippen molar-refractivity contribution in [3.63, 3.8) is 0 Å². The van der Waals surface area contributed by atoms with Crippen molar-refractivity contribution in [2.75, 3.05) is 0 Å². The predicted octanol–water partition coefficient (Wildman–Crippen LogP) is 2.81. The molecule has 5 heteroatoms. The van der Waals surface area contributed by atoms with Crippen LogP contribution in [-0.2, 0) is 0 Å². The van der Waals surface area contributed by atoms with Crippen LogP contribution in [0.5, 0.6) is 0 Å². The third kappa shape index (κ3) is 1.86. The second kappa shape index (κ2) is 4.25. The summed E-state index contributed by atoms with van der Waals surface area (Å²) in [5.41, 5.74) is 0.283. The molecule has 0 N–H and O–H groups in total. The van der Waals surface area contributed by atoms with Crippen LogP contribution in [0.15, 0.2) is 30.5 Å². The molecule has 2 aromatic rings.